The van der Waals surface area contributed by atoms with Crippen molar-refractivity contribution < 1.29 is 0 Å². The van der Waals surface area contributed by atoms with E-state index >= 15 is 0 Å². The molecule has 1 fully saturated rings. The van der Waals surface area contributed by atoms with Crippen LogP contribution in [0.3, 0.4) is 0 Å². The summed E-state index contributed by atoms with van der Waals surface area (Å²) in [6.07, 6.45) is 34.3. The molecule has 0 aliphatic heterocycles. The summed E-state index contributed by atoms with van der Waals surface area (Å²) in [4.78, 5) is 5.10. The van der Waals surface area contributed by atoms with Gasteiger partial charge in [-0.05, 0) is 200 Å². The Balaban J connectivity index is 0.951. The molecule has 0 radical (unpaired) electrons. The van der Waals surface area contributed by atoms with Crippen molar-refractivity contribution in [3.8, 4) is 11.1 Å². The summed E-state index contributed by atoms with van der Waals surface area (Å²) in [6.45, 7) is 0. The molecule has 13 rings (SSSR count). The van der Waals surface area contributed by atoms with Gasteiger partial charge in [0.15, 0.2) is 0 Å². The van der Waals surface area contributed by atoms with E-state index < -0.39 is 0 Å². The van der Waals surface area contributed by atoms with Gasteiger partial charge in [-0.15, -0.1) is 0 Å². The van der Waals surface area contributed by atoms with E-state index in [-0.39, 0.29) is 5.41 Å². The number of para-hydroxylation sites is 2. The molecule has 0 spiro atoms. The number of fused-ring (bicyclic) bond motifs is 6. The Bertz CT molecular complexity index is 3290. The molecule has 0 heterocycles. The number of unbranched alkanes of at least 4 members (excludes halogenated alkanes) is 2. The molecule has 0 N–H and O–H groups in total. The molecule has 1 saturated carbocycles. The van der Waals surface area contributed by atoms with Crippen molar-refractivity contribution in [2.45, 2.75) is 108 Å². The maximum absolute atomic E-state index is 2.65. The molecule has 2 heteroatoms. The molecule has 71 heavy (non-hydrogen) atoms. The lowest BCUT2D eigenvalue weighted by molar-refractivity contribution is 0.394. The monoisotopic (exact) mass is 923 g/mol. The molecule has 0 aromatic heterocycles. The van der Waals surface area contributed by atoms with Gasteiger partial charge in [0.05, 0.1) is 5.69 Å². The van der Waals surface area contributed by atoms with Gasteiger partial charge in [0.1, 0.15) is 0 Å². The third-order valence-corrected chi connectivity index (χ3v) is 17.5. The van der Waals surface area contributed by atoms with Gasteiger partial charge in [-0.2, -0.15) is 0 Å². The second kappa shape index (κ2) is 19.0. The van der Waals surface area contributed by atoms with E-state index in [1.54, 1.807) is 22.3 Å². The Labute approximate surface area is 422 Å². The fourth-order valence-corrected chi connectivity index (χ4v) is 13.5. The standard InChI is InChI=1S/C69H66N2/c1-3-23-57(24-4-1)70(67-29-15-21-53-19-7-9-27-61(53)67)59-39-41-63-64-42-40-60(71(58-25-5-2-6-26-58)68-30-16-22-54-20-8-10-28-62(54)68)48-66(64)69(65(63)47-59,43-13-11-17-49-31-33-51-35-37-55(51)45-49)44-14-12-18-50-32-34-52-36-38-56(52)46-50/h1-9,15-16,19-27,29-33,39-42,46-49,52H,10-14,17-18,28,34-38,43-45H2. The topological polar surface area (TPSA) is 6.48 Å². The van der Waals surface area contributed by atoms with Gasteiger partial charge < -0.3 is 9.80 Å². The fraction of sp³-hybridized carbons (Fsp3) is 0.275. The van der Waals surface area contributed by atoms with Crippen LogP contribution in [0.15, 0.2) is 210 Å². The van der Waals surface area contributed by atoms with Crippen LogP contribution >= 0.6 is 0 Å². The highest BCUT2D eigenvalue weighted by Gasteiger charge is 2.43. The molecule has 7 aromatic rings. The van der Waals surface area contributed by atoms with Gasteiger partial charge in [0, 0.05) is 39.2 Å². The first kappa shape index (κ1) is 44.1. The van der Waals surface area contributed by atoms with Gasteiger partial charge in [0.2, 0.25) is 0 Å². The van der Waals surface area contributed by atoms with Crippen molar-refractivity contribution >= 4 is 51.0 Å². The van der Waals surface area contributed by atoms with E-state index in [1.807, 2.05) is 0 Å². The predicted octanol–water partition coefficient (Wildman–Crippen LogP) is 19.5. The third kappa shape index (κ3) is 8.24. The van der Waals surface area contributed by atoms with Crippen LogP contribution in [0.4, 0.5) is 34.1 Å². The largest absolute Gasteiger partial charge is 0.310 e. The molecular weight excluding hydrogens is 857 g/mol. The maximum Gasteiger partial charge on any atom is 0.0540 e. The predicted molar refractivity (Wildman–Crippen MR) is 301 cm³/mol. The van der Waals surface area contributed by atoms with E-state index in [0.717, 1.165) is 31.6 Å². The number of rotatable bonds is 16. The summed E-state index contributed by atoms with van der Waals surface area (Å²) < 4.78 is 0. The normalized spacial score (nSPS) is 20.2. The fourth-order valence-electron chi connectivity index (χ4n) is 13.5. The van der Waals surface area contributed by atoms with Gasteiger partial charge in [-0.3, -0.25) is 0 Å². The van der Waals surface area contributed by atoms with E-state index in [4.69, 9.17) is 0 Å². The zero-order chi connectivity index (χ0) is 47.1. The molecule has 0 bridgehead atoms. The first-order valence-electron chi connectivity index (χ1n) is 27.2. The highest BCUT2D eigenvalue weighted by Crippen LogP contribution is 2.58. The number of anilines is 6. The minimum absolute atomic E-state index is 0.163. The number of allylic oxidation sites excluding steroid dienone is 9. The Hall–Kier alpha value is -6.90. The molecule has 7 aromatic carbocycles. The van der Waals surface area contributed by atoms with Crippen LogP contribution in [0.5, 0.6) is 0 Å². The molecule has 352 valence electrons. The molecule has 2 nitrogen and oxygen atoms in total. The summed E-state index contributed by atoms with van der Waals surface area (Å²) in [5.41, 5.74) is 22.5. The lowest BCUT2D eigenvalue weighted by Crippen LogP contribution is -2.26. The maximum atomic E-state index is 2.65. The van der Waals surface area contributed by atoms with Crippen LogP contribution in [-0.2, 0) is 11.8 Å². The van der Waals surface area contributed by atoms with Gasteiger partial charge in [-0.25, -0.2) is 0 Å². The summed E-state index contributed by atoms with van der Waals surface area (Å²) in [5.74, 6) is 1.50. The quantitative estimate of drug-likeness (QED) is 0.0891. The van der Waals surface area contributed by atoms with Gasteiger partial charge >= 0.3 is 0 Å². The van der Waals surface area contributed by atoms with Crippen molar-refractivity contribution in [3.63, 3.8) is 0 Å². The van der Waals surface area contributed by atoms with Crippen molar-refractivity contribution in [2.24, 2.45) is 11.8 Å². The second-order valence-corrected chi connectivity index (χ2v) is 21.5. The van der Waals surface area contributed by atoms with E-state index in [1.165, 1.54) is 155 Å². The van der Waals surface area contributed by atoms with Crippen LogP contribution in [0, 0.1) is 11.8 Å². The highest BCUT2D eigenvalue weighted by molar-refractivity contribution is 5.99. The number of benzene rings is 7. The van der Waals surface area contributed by atoms with Crippen LogP contribution < -0.4 is 9.80 Å². The third-order valence-electron chi connectivity index (χ3n) is 17.5. The first-order chi connectivity index (χ1) is 35.2. The molecule has 6 aliphatic carbocycles. The van der Waals surface area contributed by atoms with Crippen LogP contribution in [-0.4, -0.2) is 0 Å². The van der Waals surface area contributed by atoms with E-state index in [0.29, 0.717) is 5.92 Å². The smallest absolute Gasteiger partial charge is 0.0540 e. The Kier molecular flexibility index (Phi) is 11.8. The Morgan fingerprint density at radius 2 is 1.25 bits per heavy atom. The molecule has 3 unspecified atom stereocenters. The van der Waals surface area contributed by atoms with Crippen molar-refractivity contribution in [2.75, 3.05) is 9.80 Å². The summed E-state index contributed by atoms with van der Waals surface area (Å²) in [5, 5.41) is 2.52. The van der Waals surface area contributed by atoms with Crippen molar-refractivity contribution in [3.05, 3.63) is 233 Å². The second-order valence-electron chi connectivity index (χ2n) is 21.5. The summed E-state index contributed by atoms with van der Waals surface area (Å²) >= 11 is 0. The SMILES string of the molecule is C1=Cc2cccc(N(c3ccccc3)c3ccc4c(c3)C(CCCCC3=CCC5CCC5=C3)(CCCCC3C=CC5=C(CC5)C3)c3cc(N(c5ccccc5)c5cccc6ccccc56)ccc3-4)c2CC1. The number of hydrogen-bond donors (Lipinski definition) is 0. The Morgan fingerprint density at radius 1 is 0.563 bits per heavy atom. The zero-order valence-corrected chi connectivity index (χ0v) is 41.3. The van der Waals surface area contributed by atoms with Crippen LogP contribution in [0.2, 0.25) is 0 Å². The average molecular weight is 923 g/mol. The van der Waals surface area contributed by atoms with E-state index in [2.05, 4.69) is 204 Å². The lowest BCUT2D eigenvalue weighted by Gasteiger charge is -2.36. The van der Waals surface area contributed by atoms with Gasteiger partial charge in [0.25, 0.3) is 0 Å². The molecule has 6 aliphatic rings. The van der Waals surface area contributed by atoms with Gasteiger partial charge in [-0.1, -0.05) is 169 Å². The van der Waals surface area contributed by atoms with Crippen molar-refractivity contribution in [1.29, 1.82) is 0 Å². The molecule has 0 saturated heterocycles. The molecule has 0 amide bonds. The Morgan fingerprint density at radius 3 is 1.96 bits per heavy atom. The van der Waals surface area contributed by atoms with E-state index in [9.17, 15) is 0 Å². The van der Waals surface area contributed by atoms with Crippen molar-refractivity contribution in [1.82, 2.24) is 0 Å². The minimum Gasteiger partial charge on any atom is -0.310 e. The highest BCUT2D eigenvalue weighted by atomic mass is 15.2. The number of hydrogen-bond acceptors (Lipinski definition) is 2. The summed E-state index contributed by atoms with van der Waals surface area (Å²) in [7, 11) is 0. The minimum atomic E-state index is -0.163. The average Bonchev–Trinajstić information content (AvgIpc) is 3.67. The number of nitrogens with zero attached hydrogens (tertiary/aromatic N) is 2. The van der Waals surface area contributed by atoms with Crippen LogP contribution in [0.25, 0.3) is 28.0 Å². The summed E-state index contributed by atoms with van der Waals surface area (Å²) in [6, 6.07) is 60.0. The first-order valence-corrected chi connectivity index (χ1v) is 27.2. The lowest BCUT2D eigenvalue weighted by atomic mass is 9.70. The van der Waals surface area contributed by atoms with Crippen LogP contribution in [0.1, 0.15) is 119 Å². The molecular formula is C69H66N2. The molecule has 3 atom stereocenters. The zero-order valence-electron chi connectivity index (χ0n) is 41.3.